The van der Waals surface area contributed by atoms with Crippen LogP contribution < -0.4 is 0 Å². The third kappa shape index (κ3) is 3.27. The average molecular weight is 627 g/mol. The van der Waals surface area contributed by atoms with Gasteiger partial charge in [0.15, 0.2) is 0 Å². The summed E-state index contributed by atoms with van der Waals surface area (Å²) >= 11 is 3.07. The molecule has 4 heterocycles. The van der Waals surface area contributed by atoms with Crippen LogP contribution in [-0.2, 0) is 19.2 Å². The quantitative estimate of drug-likeness (QED) is 0.316. The fourth-order valence-electron chi connectivity index (χ4n) is 10.7. The highest BCUT2D eigenvalue weighted by Gasteiger charge is 2.76. The summed E-state index contributed by atoms with van der Waals surface area (Å²) in [5, 5.41) is 19.3. The van der Waals surface area contributed by atoms with Crippen molar-refractivity contribution in [3.05, 3.63) is 33.1 Å². The van der Waals surface area contributed by atoms with Crippen LogP contribution in [0.2, 0.25) is 0 Å². The molecule has 0 spiro atoms. The summed E-state index contributed by atoms with van der Waals surface area (Å²) in [6, 6.07) is 4.88. The number of nitrogens with zero attached hydrogens (tertiary/aromatic N) is 4. The van der Waals surface area contributed by atoms with E-state index in [1.54, 1.807) is 0 Å². The molecule has 0 N–H and O–H groups in total. The molecule has 8 nitrogen and oxygen atoms in total. The normalized spacial score (nSPS) is 48.2. The molecule has 10 heteroatoms. The van der Waals surface area contributed by atoms with Gasteiger partial charge in [-0.1, -0.05) is 26.0 Å². The molecule has 0 aromatic carbocycles. The summed E-state index contributed by atoms with van der Waals surface area (Å²) in [6.07, 6.45) is 9.65. The van der Waals surface area contributed by atoms with Crippen molar-refractivity contribution < 1.29 is 19.2 Å². The van der Waals surface area contributed by atoms with Crippen molar-refractivity contribution in [1.29, 1.82) is 10.5 Å². The highest BCUT2D eigenvalue weighted by Crippen LogP contribution is 2.69. The van der Waals surface area contributed by atoms with E-state index in [0.29, 0.717) is 11.8 Å². The van der Waals surface area contributed by atoms with Crippen molar-refractivity contribution in [3.8, 4) is 12.1 Å². The van der Waals surface area contributed by atoms with E-state index in [2.05, 4.69) is 26.0 Å². The number of likely N-dealkylation sites (tertiary alicyclic amines) is 2. The molecule has 4 fully saturated rings. The van der Waals surface area contributed by atoms with Gasteiger partial charge in [-0.3, -0.25) is 29.0 Å². The largest absolute Gasteiger partial charge is 0.274 e. The monoisotopic (exact) mass is 626 g/mol. The Morgan fingerprint density at radius 1 is 0.659 bits per heavy atom. The maximum absolute atomic E-state index is 14.2. The highest BCUT2D eigenvalue weighted by molar-refractivity contribution is 8.04. The van der Waals surface area contributed by atoms with Gasteiger partial charge in [0.1, 0.15) is 10.7 Å². The van der Waals surface area contributed by atoms with Gasteiger partial charge in [0.2, 0.25) is 23.6 Å². The van der Waals surface area contributed by atoms with Crippen molar-refractivity contribution in [1.82, 2.24) is 9.80 Å². The predicted molar refractivity (Wildman–Crippen MR) is 162 cm³/mol. The second-order valence-electron chi connectivity index (χ2n) is 14.7. The van der Waals surface area contributed by atoms with Crippen LogP contribution in [0.1, 0.15) is 52.4 Å². The molecule has 2 bridgehead atoms. The Morgan fingerprint density at radius 2 is 1.05 bits per heavy atom. The lowest BCUT2D eigenvalue weighted by Crippen LogP contribution is -2.63. The number of fused-ring (bicyclic) bond motifs is 1. The van der Waals surface area contributed by atoms with Crippen molar-refractivity contribution in [2.45, 2.75) is 63.1 Å². The first-order valence-electron chi connectivity index (χ1n) is 16.2. The zero-order valence-electron chi connectivity index (χ0n) is 24.7. The van der Waals surface area contributed by atoms with Crippen molar-refractivity contribution in [3.63, 3.8) is 0 Å². The first-order chi connectivity index (χ1) is 21.2. The van der Waals surface area contributed by atoms with E-state index < -0.39 is 46.3 Å². The molecule has 2 saturated heterocycles. The maximum Gasteiger partial charge on any atom is 0.234 e. The van der Waals surface area contributed by atoms with E-state index in [0.717, 1.165) is 49.7 Å². The fourth-order valence-corrected chi connectivity index (χ4v) is 13.9. The summed E-state index contributed by atoms with van der Waals surface area (Å²) in [6.45, 7) is 4.38. The summed E-state index contributed by atoms with van der Waals surface area (Å²) in [5.74, 6) is -3.74. The number of thioether (sulfide) groups is 2. The van der Waals surface area contributed by atoms with Gasteiger partial charge in [-0.25, -0.2) is 0 Å². The molecule has 226 valence electrons. The van der Waals surface area contributed by atoms with E-state index in [1.807, 2.05) is 12.2 Å². The summed E-state index contributed by atoms with van der Waals surface area (Å²) in [5.41, 5.74) is 2.21. The first-order valence-corrected chi connectivity index (χ1v) is 18.0. The molecule has 0 unspecified atom stereocenters. The molecule has 14 atom stereocenters. The van der Waals surface area contributed by atoms with Crippen LogP contribution in [0.15, 0.2) is 33.1 Å². The molecule has 4 amide bonds. The van der Waals surface area contributed by atoms with Crippen LogP contribution in [0.4, 0.5) is 0 Å². The molecule has 44 heavy (non-hydrogen) atoms. The second kappa shape index (κ2) is 9.36. The third-order valence-electron chi connectivity index (χ3n) is 12.6. The van der Waals surface area contributed by atoms with Crippen LogP contribution in [0.5, 0.6) is 0 Å². The van der Waals surface area contributed by atoms with Gasteiger partial charge in [-0.15, -0.1) is 23.5 Å². The van der Waals surface area contributed by atoms with Crippen LogP contribution in [0, 0.1) is 93.7 Å². The molecular formula is C34H34N4O4S2. The van der Waals surface area contributed by atoms with Gasteiger partial charge in [0, 0.05) is 0 Å². The van der Waals surface area contributed by atoms with E-state index >= 15 is 0 Å². The molecule has 10 rings (SSSR count). The predicted octanol–water partition coefficient (Wildman–Crippen LogP) is 4.82. The second-order valence-corrected chi connectivity index (χ2v) is 17.1. The van der Waals surface area contributed by atoms with E-state index in [1.165, 1.54) is 43.1 Å². The molecule has 2 saturated carbocycles. The molecule has 10 aliphatic rings. The van der Waals surface area contributed by atoms with E-state index in [9.17, 15) is 29.7 Å². The minimum absolute atomic E-state index is 0.154. The SMILES string of the molecule is C[C@@H]1CCC2=C(C1)[C@@H](C#N)[C@H](N1C(=O)[C@@H]3[C@@H]4C=C[C@@H]([C@@H]3C1=O)[C@H]1[C@H]3C(=O)N([C@H]5SC6=C(C[C@@H](C)CC6)[C@H]5C#N)C(=O)[C@@H]3[C@H]41)S2. The summed E-state index contributed by atoms with van der Waals surface area (Å²) in [7, 11) is 0. The lowest BCUT2D eigenvalue weighted by molar-refractivity contribution is -0.166. The van der Waals surface area contributed by atoms with Gasteiger partial charge < -0.3 is 0 Å². The number of carbonyl (C=O) groups excluding carboxylic acids is 4. The fraction of sp³-hybridized carbons (Fsp3) is 0.647. The number of nitriles is 2. The first kappa shape index (κ1) is 27.5. The maximum atomic E-state index is 14.2. The Morgan fingerprint density at radius 3 is 1.43 bits per heavy atom. The van der Waals surface area contributed by atoms with Gasteiger partial charge in [0.25, 0.3) is 0 Å². The minimum Gasteiger partial charge on any atom is -0.274 e. The molecule has 0 radical (unpaired) electrons. The van der Waals surface area contributed by atoms with E-state index in [-0.39, 0.29) is 47.3 Å². The summed E-state index contributed by atoms with van der Waals surface area (Å²) in [4.78, 5) is 61.9. The van der Waals surface area contributed by atoms with Gasteiger partial charge >= 0.3 is 0 Å². The van der Waals surface area contributed by atoms with Gasteiger partial charge in [-0.05, 0) is 95.0 Å². The average Bonchev–Trinajstić information content (AvgIpc) is 3.66. The lowest BCUT2D eigenvalue weighted by Gasteiger charge is -2.60. The van der Waals surface area contributed by atoms with E-state index in [4.69, 9.17) is 0 Å². The van der Waals surface area contributed by atoms with Crippen LogP contribution >= 0.6 is 23.5 Å². The topological polar surface area (TPSA) is 122 Å². The Balaban J connectivity index is 1.00. The van der Waals surface area contributed by atoms with Gasteiger partial charge in [-0.2, -0.15) is 10.5 Å². The van der Waals surface area contributed by atoms with Crippen LogP contribution in [0.25, 0.3) is 0 Å². The standard InChI is InChI=1S/C34H34N4O4S2/c1-13-3-7-21-17(9-13)19(11-35)33(43-21)37-29(39)25-15-5-6-16(26(25)30(37)40)24-23(15)27-28(24)32(42)38(31(27)41)34-20(12-36)18-10-14(2)4-8-22(18)44-34/h5-6,13-16,19-20,23-28,33-34H,3-4,7-10H2,1-2H3/t13-,14+,15-,16-,19-,20-,23-,24-,25-,26+,27-,28-,33-,34+/m1/s1. The van der Waals surface area contributed by atoms with Crippen molar-refractivity contribution in [2.24, 2.45) is 71.0 Å². The third-order valence-corrected chi connectivity index (χ3v) is 15.6. The Kier molecular flexibility index (Phi) is 5.85. The number of allylic oxidation sites excluding steroid dienone is 4. The Hall–Kier alpha value is -2.82. The summed E-state index contributed by atoms with van der Waals surface area (Å²) < 4.78 is 0. The van der Waals surface area contributed by atoms with Crippen LogP contribution in [-0.4, -0.2) is 44.2 Å². The number of hydrogen-bond donors (Lipinski definition) is 0. The molecule has 0 aromatic heterocycles. The zero-order chi connectivity index (χ0) is 30.3. The highest BCUT2D eigenvalue weighted by atomic mass is 32.2. The number of imide groups is 2. The molecule has 0 aromatic rings. The van der Waals surface area contributed by atoms with Crippen molar-refractivity contribution in [2.75, 3.05) is 0 Å². The number of rotatable bonds is 2. The molecule has 6 aliphatic carbocycles. The van der Waals surface area contributed by atoms with Crippen molar-refractivity contribution >= 4 is 47.2 Å². The lowest BCUT2D eigenvalue weighted by atomic mass is 9.40. The molecule has 4 aliphatic heterocycles. The Bertz CT molecular complexity index is 1580. The number of amides is 4. The number of hydrogen-bond acceptors (Lipinski definition) is 8. The molecular weight excluding hydrogens is 593 g/mol. The number of carbonyl (C=O) groups is 4. The van der Waals surface area contributed by atoms with Gasteiger partial charge in [0.05, 0.1) is 47.6 Å². The Labute approximate surface area is 265 Å². The van der Waals surface area contributed by atoms with Crippen LogP contribution in [0.3, 0.4) is 0 Å². The smallest absolute Gasteiger partial charge is 0.234 e. The zero-order valence-corrected chi connectivity index (χ0v) is 26.4. The minimum atomic E-state index is -0.545.